The molecule has 1 aliphatic heterocycles. The Morgan fingerprint density at radius 1 is 0.690 bits per heavy atom. The fraction of sp³-hybridized carbons (Fsp3) is 0.0500. The number of hydrogen-bond acceptors (Lipinski definition) is 3. The number of benzene rings is 2. The molecule has 0 radical (unpaired) electrons. The first-order chi connectivity index (χ1) is 13.8. The Morgan fingerprint density at radius 2 is 1.21 bits per heavy atom. The van der Waals surface area contributed by atoms with Crippen molar-refractivity contribution in [2.24, 2.45) is 0 Å². The molecule has 9 heteroatoms. The maximum Gasteiger partial charge on any atom is 0.266 e. The first-order valence-electron chi connectivity index (χ1n) is 8.32. The molecule has 0 spiro atoms. The third-order valence-electron chi connectivity index (χ3n) is 4.52. The Kier molecular flexibility index (Phi) is 5.17. The number of rotatable bonds is 2. The van der Waals surface area contributed by atoms with Crippen LogP contribution in [-0.2, 0) is 11.2 Å². The summed E-state index contributed by atoms with van der Waals surface area (Å²) in [6.45, 7) is 0. The first kappa shape index (κ1) is 20.0. The minimum absolute atomic E-state index is 0.102. The zero-order chi connectivity index (χ0) is 20.9. The van der Waals surface area contributed by atoms with Crippen molar-refractivity contribution in [3.8, 4) is 5.69 Å². The van der Waals surface area contributed by atoms with E-state index in [9.17, 15) is 14.4 Å². The van der Waals surface area contributed by atoms with Crippen LogP contribution in [0.2, 0.25) is 20.1 Å². The molecule has 0 saturated carbocycles. The SMILES string of the molecule is O=C1Cc2c(ccc(=O)n2-c2c(Cl)cccc2Cl)C(=O)N1c1c(Cl)cccc1Cl. The van der Waals surface area contributed by atoms with E-state index in [0.717, 1.165) is 4.90 Å². The van der Waals surface area contributed by atoms with Crippen molar-refractivity contribution in [1.29, 1.82) is 0 Å². The Morgan fingerprint density at radius 3 is 1.76 bits per heavy atom. The van der Waals surface area contributed by atoms with Gasteiger partial charge in [0.2, 0.25) is 5.91 Å². The number of nitrogens with zero attached hydrogens (tertiary/aromatic N) is 2. The Labute approximate surface area is 185 Å². The summed E-state index contributed by atoms with van der Waals surface area (Å²) in [6.07, 6.45) is -0.250. The average molecular weight is 468 g/mol. The molecule has 1 aromatic heterocycles. The smallest absolute Gasteiger partial charge is 0.266 e. The normalized spacial score (nSPS) is 13.6. The van der Waals surface area contributed by atoms with Crippen molar-refractivity contribution in [3.63, 3.8) is 0 Å². The molecule has 0 fully saturated rings. The Balaban J connectivity index is 1.96. The van der Waals surface area contributed by atoms with Gasteiger partial charge in [-0.2, -0.15) is 0 Å². The van der Waals surface area contributed by atoms with E-state index in [4.69, 9.17) is 46.4 Å². The molecule has 5 nitrogen and oxygen atoms in total. The number of para-hydroxylation sites is 2. The van der Waals surface area contributed by atoms with Crippen molar-refractivity contribution in [1.82, 2.24) is 4.57 Å². The van der Waals surface area contributed by atoms with Gasteiger partial charge in [0.1, 0.15) is 0 Å². The van der Waals surface area contributed by atoms with Crippen LogP contribution in [0.5, 0.6) is 0 Å². The van der Waals surface area contributed by atoms with Crippen LogP contribution in [-0.4, -0.2) is 16.4 Å². The topological polar surface area (TPSA) is 59.4 Å². The molecule has 2 amide bonds. The number of pyridine rings is 1. The minimum atomic E-state index is -0.650. The summed E-state index contributed by atoms with van der Waals surface area (Å²) in [4.78, 5) is 39.7. The molecular formula is C20H10Cl4N2O3. The highest BCUT2D eigenvalue weighted by atomic mass is 35.5. The second kappa shape index (κ2) is 7.50. The Bertz CT molecular complexity index is 1210. The molecule has 146 valence electrons. The molecule has 29 heavy (non-hydrogen) atoms. The van der Waals surface area contributed by atoms with Crippen molar-refractivity contribution in [3.05, 3.63) is 90.2 Å². The zero-order valence-corrected chi connectivity index (χ0v) is 17.5. The lowest BCUT2D eigenvalue weighted by Gasteiger charge is -2.29. The molecule has 3 aromatic rings. The van der Waals surface area contributed by atoms with Crippen molar-refractivity contribution < 1.29 is 9.59 Å². The molecule has 0 saturated heterocycles. The lowest BCUT2D eigenvalue weighted by Crippen LogP contribution is -2.45. The standard InChI is InChI=1S/C20H10Cl4N2O3/c21-11-3-1-4-12(22)18(11)25-15-9-17(28)26(19-13(23)5-2-6-14(19)24)20(29)10(15)7-8-16(25)27/h1-8H,9H2. The lowest BCUT2D eigenvalue weighted by molar-refractivity contribution is -0.117. The van der Waals surface area contributed by atoms with Gasteiger partial charge >= 0.3 is 0 Å². The zero-order valence-electron chi connectivity index (χ0n) is 14.5. The highest BCUT2D eigenvalue weighted by Crippen LogP contribution is 2.37. The summed E-state index contributed by atoms with van der Waals surface area (Å²) in [5.41, 5.74) is 0.189. The number of carbonyl (C=O) groups excluding carboxylic acids is 2. The van der Waals surface area contributed by atoms with Gasteiger partial charge in [-0.15, -0.1) is 0 Å². The number of imide groups is 1. The van der Waals surface area contributed by atoms with Gasteiger partial charge in [-0.05, 0) is 30.3 Å². The second-order valence-corrected chi connectivity index (χ2v) is 7.85. The molecule has 0 N–H and O–H groups in total. The molecule has 0 atom stereocenters. The fourth-order valence-electron chi connectivity index (χ4n) is 3.28. The molecule has 0 aliphatic carbocycles. The molecule has 2 aromatic carbocycles. The first-order valence-corrected chi connectivity index (χ1v) is 9.83. The number of amides is 2. The average Bonchev–Trinajstić information content (AvgIpc) is 2.65. The molecule has 2 heterocycles. The van der Waals surface area contributed by atoms with Crippen molar-refractivity contribution >= 4 is 63.9 Å². The van der Waals surface area contributed by atoms with Gasteiger partial charge in [-0.25, -0.2) is 4.90 Å². The molecule has 0 unspecified atom stereocenters. The summed E-state index contributed by atoms with van der Waals surface area (Å²) in [5, 5.41) is 0.740. The van der Waals surface area contributed by atoms with Crippen molar-refractivity contribution in [2.75, 3.05) is 4.90 Å². The van der Waals surface area contributed by atoms with Crippen LogP contribution in [0.3, 0.4) is 0 Å². The van der Waals surface area contributed by atoms with Crippen LogP contribution in [0, 0.1) is 0 Å². The Hall–Kier alpha value is -2.31. The predicted molar refractivity (Wildman–Crippen MR) is 114 cm³/mol. The molecule has 4 rings (SSSR count). The van der Waals surface area contributed by atoms with Gasteiger partial charge in [-0.1, -0.05) is 58.5 Å². The summed E-state index contributed by atoms with van der Waals surface area (Å²) >= 11 is 24.9. The second-order valence-electron chi connectivity index (χ2n) is 6.22. The van der Waals surface area contributed by atoms with Gasteiger partial charge in [0.05, 0.1) is 43.4 Å². The number of carbonyl (C=O) groups is 2. The van der Waals surface area contributed by atoms with E-state index in [-0.39, 0.29) is 49.1 Å². The van der Waals surface area contributed by atoms with Crippen LogP contribution >= 0.6 is 46.4 Å². The molecular weight excluding hydrogens is 458 g/mol. The number of hydrogen-bond donors (Lipinski definition) is 0. The van der Waals surface area contributed by atoms with E-state index in [1.807, 2.05) is 0 Å². The lowest BCUT2D eigenvalue weighted by atomic mass is 10.0. The van der Waals surface area contributed by atoms with Gasteiger partial charge in [-0.3, -0.25) is 19.0 Å². The van der Waals surface area contributed by atoms with Crippen molar-refractivity contribution in [2.45, 2.75) is 6.42 Å². The number of anilines is 1. The minimum Gasteiger partial charge on any atom is -0.277 e. The highest BCUT2D eigenvalue weighted by molar-refractivity contribution is 6.42. The highest BCUT2D eigenvalue weighted by Gasteiger charge is 2.36. The van der Waals surface area contributed by atoms with E-state index < -0.39 is 17.4 Å². The third-order valence-corrected chi connectivity index (χ3v) is 5.74. The van der Waals surface area contributed by atoms with E-state index in [0.29, 0.717) is 0 Å². The van der Waals surface area contributed by atoms with Gasteiger partial charge in [0, 0.05) is 11.8 Å². The summed E-state index contributed by atoms with van der Waals surface area (Å²) in [5.74, 6) is -1.23. The number of halogens is 4. The van der Waals surface area contributed by atoms with Crippen LogP contribution < -0.4 is 10.5 Å². The summed E-state index contributed by atoms with van der Waals surface area (Å²) in [7, 11) is 0. The van der Waals surface area contributed by atoms with E-state index in [1.54, 1.807) is 24.3 Å². The number of aromatic nitrogens is 1. The van der Waals surface area contributed by atoms with Gasteiger partial charge in [0.25, 0.3) is 11.5 Å². The van der Waals surface area contributed by atoms with E-state index in [2.05, 4.69) is 0 Å². The quantitative estimate of drug-likeness (QED) is 0.488. The fourth-order valence-corrected chi connectivity index (χ4v) is 4.41. The summed E-state index contributed by atoms with van der Waals surface area (Å²) in [6, 6.07) is 12.0. The maximum atomic E-state index is 13.2. The summed E-state index contributed by atoms with van der Waals surface area (Å²) < 4.78 is 1.20. The van der Waals surface area contributed by atoms with Gasteiger partial charge < -0.3 is 0 Å². The largest absolute Gasteiger partial charge is 0.277 e. The van der Waals surface area contributed by atoms with E-state index in [1.165, 1.54) is 28.8 Å². The van der Waals surface area contributed by atoms with Crippen LogP contribution in [0.15, 0.2) is 53.3 Å². The maximum absolute atomic E-state index is 13.2. The third kappa shape index (κ3) is 3.24. The predicted octanol–water partition coefficient (Wildman–Crippen LogP) is 5.18. The van der Waals surface area contributed by atoms with Gasteiger partial charge in [0.15, 0.2) is 0 Å². The van der Waals surface area contributed by atoms with Crippen LogP contribution in [0.1, 0.15) is 16.1 Å². The van der Waals surface area contributed by atoms with Crippen LogP contribution in [0.25, 0.3) is 5.69 Å². The molecule has 0 bridgehead atoms. The number of fused-ring (bicyclic) bond motifs is 1. The molecule has 1 aliphatic rings. The monoisotopic (exact) mass is 466 g/mol. The van der Waals surface area contributed by atoms with E-state index >= 15 is 0 Å². The van der Waals surface area contributed by atoms with Crippen LogP contribution in [0.4, 0.5) is 5.69 Å².